The summed E-state index contributed by atoms with van der Waals surface area (Å²) in [4.78, 5) is 0.419. The van der Waals surface area contributed by atoms with E-state index in [1.165, 1.54) is 7.11 Å². The number of thiocarbonyl (C=S) groups is 1. The first-order valence-electron chi connectivity index (χ1n) is 8.11. The Morgan fingerprint density at radius 3 is 2.23 bits per heavy atom. The molecule has 0 spiro atoms. The highest BCUT2D eigenvalue weighted by Gasteiger charge is 2.73. The number of sulfone groups is 1. The summed E-state index contributed by atoms with van der Waals surface area (Å²) in [6.45, 7) is 0.149. The molecule has 0 heterocycles. The maximum absolute atomic E-state index is 13.3. The van der Waals surface area contributed by atoms with Crippen molar-refractivity contribution in [2.45, 2.75) is 16.1 Å². The molecule has 26 heavy (non-hydrogen) atoms. The Bertz CT molecular complexity index is 897. The Kier molecular flexibility index (Phi) is 5.05. The van der Waals surface area contributed by atoms with Crippen LogP contribution in [0.3, 0.4) is 0 Å². The minimum absolute atomic E-state index is 0.149. The summed E-state index contributed by atoms with van der Waals surface area (Å²) in [5, 5.41) is -0.761. The van der Waals surface area contributed by atoms with Crippen molar-refractivity contribution in [1.82, 2.24) is 0 Å². The van der Waals surface area contributed by atoms with Gasteiger partial charge in [0.2, 0.25) is 0 Å². The zero-order valence-electron chi connectivity index (χ0n) is 14.6. The second kappa shape index (κ2) is 6.98. The van der Waals surface area contributed by atoms with Crippen molar-refractivity contribution in [2.24, 2.45) is 11.1 Å². The average molecular weight is 392 g/mol. The summed E-state index contributed by atoms with van der Waals surface area (Å²) in [6.07, 6.45) is 0. The average Bonchev–Trinajstić information content (AvgIpc) is 3.34. The minimum Gasteiger partial charge on any atom is -0.497 e. The third-order valence-electron chi connectivity index (χ3n) is 4.98. The van der Waals surface area contributed by atoms with Crippen molar-refractivity contribution in [1.29, 1.82) is 0 Å². The zero-order valence-corrected chi connectivity index (χ0v) is 16.2. The van der Waals surface area contributed by atoms with Crippen LogP contribution in [0.25, 0.3) is 0 Å². The molecule has 138 valence electrons. The molecule has 0 saturated heterocycles. The van der Waals surface area contributed by atoms with E-state index in [9.17, 15) is 8.42 Å². The summed E-state index contributed by atoms with van der Waals surface area (Å²) < 4.78 is 37.1. The summed E-state index contributed by atoms with van der Waals surface area (Å²) in [5.74, 6) is 0.334. The number of ether oxygens (including phenoxy) is 2. The van der Waals surface area contributed by atoms with Gasteiger partial charge in [0.05, 0.1) is 34.3 Å². The summed E-state index contributed by atoms with van der Waals surface area (Å²) in [5.41, 5.74) is 5.95. The first kappa shape index (κ1) is 18.8. The Morgan fingerprint density at radius 2 is 1.73 bits per heavy atom. The SMILES string of the molecule is COCC1(C(N)=S)C(c2ccc(OC)cc2)C1S(=O)(=O)c1ccccc1. The minimum atomic E-state index is -3.63. The molecular weight excluding hydrogens is 370 g/mol. The van der Waals surface area contributed by atoms with Crippen LogP contribution in [0.4, 0.5) is 0 Å². The number of rotatable bonds is 7. The third-order valence-corrected chi connectivity index (χ3v) is 7.65. The third kappa shape index (κ3) is 2.90. The molecule has 1 aliphatic carbocycles. The highest BCUT2D eigenvalue weighted by Crippen LogP contribution is 2.64. The van der Waals surface area contributed by atoms with E-state index in [2.05, 4.69) is 0 Å². The van der Waals surface area contributed by atoms with Gasteiger partial charge in [0.25, 0.3) is 0 Å². The smallest absolute Gasteiger partial charge is 0.182 e. The van der Waals surface area contributed by atoms with Gasteiger partial charge in [0, 0.05) is 13.0 Å². The second-order valence-electron chi connectivity index (χ2n) is 6.37. The van der Waals surface area contributed by atoms with E-state index in [1.54, 1.807) is 49.6 Å². The molecule has 2 N–H and O–H groups in total. The van der Waals surface area contributed by atoms with E-state index < -0.39 is 20.5 Å². The van der Waals surface area contributed by atoms with E-state index in [0.717, 1.165) is 5.56 Å². The fourth-order valence-electron chi connectivity index (χ4n) is 3.68. The Labute approximate surface area is 159 Å². The topological polar surface area (TPSA) is 78.6 Å². The maximum Gasteiger partial charge on any atom is 0.182 e. The second-order valence-corrected chi connectivity index (χ2v) is 8.88. The lowest BCUT2D eigenvalue weighted by atomic mass is 10.00. The monoisotopic (exact) mass is 391 g/mol. The van der Waals surface area contributed by atoms with E-state index in [1.807, 2.05) is 12.1 Å². The molecule has 1 fully saturated rings. The maximum atomic E-state index is 13.3. The predicted octanol–water partition coefficient (Wildman–Crippen LogP) is 2.55. The van der Waals surface area contributed by atoms with Gasteiger partial charge in [0.15, 0.2) is 9.84 Å². The molecule has 7 heteroatoms. The van der Waals surface area contributed by atoms with Crippen LogP contribution in [0.15, 0.2) is 59.5 Å². The lowest BCUT2D eigenvalue weighted by Gasteiger charge is -2.16. The molecule has 2 aromatic rings. The highest BCUT2D eigenvalue weighted by atomic mass is 32.2. The van der Waals surface area contributed by atoms with Crippen molar-refractivity contribution in [3.05, 3.63) is 60.2 Å². The van der Waals surface area contributed by atoms with Crippen LogP contribution in [0, 0.1) is 5.41 Å². The molecule has 1 aliphatic rings. The predicted molar refractivity (Wildman–Crippen MR) is 104 cm³/mol. The molecule has 0 aliphatic heterocycles. The number of methoxy groups -OCH3 is 2. The van der Waals surface area contributed by atoms with Gasteiger partial charge >= 0.3 is 0 Å². The van der Waals surface area contributed by atoms with Gasteiger partial charge < -0.3 is 15.2 Å². The van der Waals surface area contributed by atoms with Crippen molar-refractivity contribution in [2.75, 3.05) is 20.8 Å². The molecule has 3 rings (SSSR count). The van der Waals surface area contributed by atoms with Crippen LogP contribution in [-0.2, 0) is 14.6 Å². The van der Waals surface area contributed by atoms with Gasteiger partial charge in [-0.3, -0.25) is 0 Å². The number of nitrogens with two attached hydrogens (primary N) is 1. The van der Waals surface area contributed by atoms with Gasteiger partial charge in [-0.15, -0.1) is 0 Å². The summed E-state index contributed by atoms with van der Waals surface area (Å²) in [6, 6.07) is 15.7. The van der Waals surface area contributed by atoms with Crippen molar-refractivity contribution >= 4 is 27.0 Å². The van der Waals surface area contributed by atoms with E-state index in [0.29, 0.717) is 5.75 Å². The largest absolute Gasteiger partial charge is 0.497 e. The van der Waals surface area contributed by atoms with E-state index in [4.69, 9.17) is 27.4 Å². The first-order chi connectivity index (χ1) is 12.4. The molecule has 5 nitrogen and oxygen atoms in total. The van der Waals surface area contributed by atoms with Crippen LogP contribution in [0.2, 0.25) is 0 Å². The fraction of sp³-hybridized carbons (Fsp3) is 0.316. The zero-order chi connectivity index (χ0) is 18.9. The molecule has 0 bridgehead atoms. The van der Waals surface area contributed by atoms with Gasteiger partial charge in [-0.2, -0.15) is 0 Å². The molecule has 0 amide bonds. The van der Waals surface area contributed by atoms with Crippen molar-refractivity contribution < 1.29 is 17.9 Å². The van der Waals surface area contributed by atoms with Gasteiger partial charge in [-0.25, -0.2) is 8.42 Å². The first-order valence-corrected chi connectivity index (χ1v) is 10.1. The molecular formula is C19H21NO4S2. The fourth-order valence-corrected chi connectivity index (χ4v) is 6.47. The quantitative estimate of drug-likeness (QED) is 0.731. The lowest BCUT2D eigenvalue weighted by Crippen LogP contribution is -2.33. The molecule has 3 atom stereocenters. The molecule has 0 aromatic heterocycles. The summed E-state index contributed by atoms with van der Waals surface area (Å²) >= 11 is 5.29. The lowest BCUT2D eigenvalue weighted by molar-refractivity contribution is 0.166. The Balaban J connectivity index is 2.09. The molecule has 1 saturated carbocycles. The number of hydrogen-bond donors (Lipinski definition) is 1. The van der Waals surface area contributed by atoms with Gasteiger partial charge in [-0.05, 0) is 29.8 Å². The Morgan fingerprint density at radius 1 is 1.12 bits per heavy atom. The number of hydrogen-bond acceptors (Lipinski definition) is 5. The molecule has 2 aromatic carbocycles. The van der Waals surface area contributed by atoms with E-state index >= 15 is 0 Å². The Hall–Kier alpha value is -1.96. The van der Waals surface area contributed by atoms with Crippen molar-refractivity contribution in [3.63, 3.8) is 0 Å². The normalized spacial score (nSPS) is 24.8. The van der Waals surface area contributed by atoms with Gasteiger partial charge in [0.1, 0.15) is 5.75 Å². The molecule has 0 radical (unpaired) electrons. The summed E-state index contributed by atoms with van der Waals surface area (Å²) in [7, 11) is -0.527. The van der Waals surface area contributed by atoms with Crippen LogP contribution in [0.1, 0.15) is 11.5 Å². The highest BCUT2D eigenvalue weighted by molar-refractivity contribution is 7.92. The molecule has 3 unspecified atom stereocenters. The van der Waals surface area contributed by atoms with Crippen molar-refractivity contribution in [3.8, 4) is 5.75 Å². The van der Waals surface area contributed by atoms with Crippen LogP contribution in [0.5, 0.6) is 5.75 Å². The van der Waals surface area contributed by atoms with E-state index in [-0.39, 0.29) is 22.4 Å². The number of benzene rings is 2. The van der Waals surface area contributed by atoms with Crippen LogP contribution in [-0.4, -0.2) is 39.5 Å². The standard InChI is InChI=1S/C19H21NO4S2/c1-23-12-19(18(20)25)16(13-8-10-14(24-2)11-9-13)17(19)26(21,22)15-6-4-3-5-7-15/h3-11,16-17H,12H2,1-2H3,(H2,20,25). The van der Waals surface area contributed by atoms with Crippen LogP contribution >= 0.6 is 12.2 Å². The van der Waals surface area contributed by atoms with Crippen LogP contribution < -0.4 is 10.5 Å². The van der Waals surface area contributed by atoms with Gasteiger partial charge in [-0.1, -0.05) is 42.5 Å².